The summed E-state index contributed by atoms with van der Waals surface area (Å²) in [5, 5.41) is 15.4. The van der Waals surface area contributed by atoms with Crippen LogP contribution in [0.3, 0.4) is 0 Å². The summed E-state index contributed by atoms with van der Waals surface area (Å²) in [6.45, 7) is 1.92. The van der Waals surface area contributed by atoms with Gasteiger partial charge < -0.3 is 4.90 Å². The summed E-state index contributed by atoms with van der Waals surface area (Å²) in [5.74, 6) is -0.584. The smallest absolute Gasteiger partial charge is 0.257 e. The maximum Gasteiger partial charge on any atom is 0.257 e. The molecule has 0 unspecified atom stereocenters. The monoisotopic (exact) mass is 422 g/mol. The van der Waals surface area contributed by atoms with Crippen molar-refractivity contribution in [2.75, 3.05) is 24.3 Å². The van der Waals surface area contributed by atoms with Crippen molar-refractivity contribution < 1.29 is 9.59 Å². The third-order valence-corrected chi connectivity index (χ3v) is 4.93. The molecular weight excluding hydrogens is 400 g/mol. The first-order valence-corrected chi connectivity index (χ1v) is 10.0. The number of aromatic nitrogens is 2. The number of amides is 2. The molecule has 2 aromatic carbocycles. The van der Waals surface area contributed by atoms with E-state index in [9.17, 15) is 9.59 Å². The molecule has 30 heavy (non-hydrogen) atoms. The van der Waals surface area contributed by atoms with Gasteiger partial charge in [0.25, 0.3) is 5.91 Å². The van der Waals surface area contributed by atoms with E-state index in [1.165, 1.54) is 0 Å². The Bertz CT molecular complexity index is 1060. The van der Waals surface area contributed by atoms with E-state index in [1.54, 1.807) is 18.3 Å². The van der Waals surface area contributed by atoms with E-state index in [2.05, 4.69) is 26.0 Å². The predicted octanol–water partition coefficient (Wildman–Crippen LogP) is 2.86. The molecule has 1 heterocycles. The maximum absolute atomic E-state index is 12.3. The maximum atomic E-state index is 12.3. The van der Waals surface area contributed by atoms with Crippen LogP contribution in [0.4, 0.5) is 10.8 Å². The summed E-state index contributed by atoms with van der Waals surface area (Å²) >= 11 is 1.15. The van der Waals surface area contributed by atoms with Crippen LogP contribution in [0.25, 0.3) is 0 Å². The van der Waals surface area contributed by atoms with Crippen LogP contribution in [-0.4, -0.2) is 42.3 Å². The molecule has 9 heteroatoms. The second-order valence-electron chi connectivity index (χ2n) is 6.78. The first-order valence-electron chi connectivity index (χ1n) is 9.20. The number of nitrogens with one attached hydrogen (secondary N) is 2. The zero-order valence-corrected chi connectivity index (χ0v) is 17.7. The fraction of sp³-hybridized carbons (Fsp3) is 0.190. The molecule has 0 spiro atoms. The third kappa shape index (κ3) is 5.95. The van der Waals surface area contributed by atoms with Crippen molar-refractivity contribution in [1.82, 2.24) is 15.6 Å². The van der Waals surface area contributed by atoms with E-state index in [1.807, 2.05) is 62.3 Å². The van der Waals surface area contributed by atoms with Crippen LogP contribution in [0, 0.1) is 6.92 Å². The van der Waals surface area contributed by atoms with E-state index >= 15 is 0 Å². The van der Waals surface area contributed by atoms with Gasteiger partial charge in [-0.25, -0.2) is 5.43 Å². The van der Waals surface area contributed by atoms with Crippen molar-refractivity contribution >= 4 is 40.2 Å². The third-order valence-electron chi connectivity index (χ3n) is 4.09. The fourth-order valence-corrected chi connectivity index (χ4v) is 3.28. The Morgan fingerprint density at radius 2 is 1.90 bits per heavy atom. The van der Waals surface area contributed by atoms with Gasteiger partial charge in [0, 0.05) is 25.3 Å². The zero-order chi connectivity index (χ0) is 21.5. The van der Waals surface area contributed by atoms with Crippen LogP contribution < -0.4 is 15.6 Å². The van der Waals surface area contributed by atoms with Gasteiger partial charge in [0.1, 0.15) is 5.01 Å². The number of hydrogen-bond acceptors (Lipinski definition) is 7. The highest BCUT2D eigenvalue weighted by atomic mass is 32.1. The van der Waals surface area contributed by atoms with Gasteiger partial charge in [-0.15, -0.1) is 10.2 Å². The van der Waals surface area contributed by atoms with Gasteiger partial charge in [-0.2, -0.15) is 5.10 Å². The van der Waals surface area contributed by atoms with Gasteiger partial charge in [-0.3, -0.25) is 14.9 Å². The van der Waals surface area contributed by atoms with Gasteiger partial charge >= 0.3 is 0 Å². The topological polar surface area (TPSA) is 99.6 Å². The number of rotatable bonds is 7. The Balaban J connectivity index is 1.50. The Hall–Kier alpha value is -3.59. The van der Waals surface area contributed by atoms with E-state index < -0.39 is 0 Å². The number of benzene rings is 2. The number of nitrogens with zero attached hydrogens (tertiary/aromatic N) is 4. The van der Waals surface area contributed by atoms with Crippen LogP contribution in [0.1, 0.15) is 26.5 Å². The standard InChI is InChI=1S/C21H22N6O2S/c1-14-5-4-6-16(11-14)20(29)23-21-26-25-19(30-21)12-18(28)24-22-13-15-7-9-17(10-8-15)27(2)3/h4-11,13H,12H2,1-3H3,(H,24,28)(H,23,26,29)/b22-13-. The zero-order valence-electron chi connectivity index (χ0n) is 16.9. The summed E-state index contributed by atoms with van der Waals surface area (Å²) in [6, 6.07) is 15.0. The van der Waals surface area contributed by atoms with Gasteiger partial charge in [-0.1, -0.05) is 41.2 Å². The summed E-state index contributed by atoms with van der Waals surface area (Å²) in [6.07, 6.45) is 1.60. The Kier molecular flexibility index (Phi) is 6.87. The van der Waals surface area contributed by atoms with Crippen molar-refractivity contribution in [1.29, 1.82) is 0 Å². The second kappa shape index (κ2) is 9.75. The molecule has 154 valence electrons. The largest absolute Gasteiger partial charge is 0.378 e. The minimum atomic E-state index is -0.316. The minimum Gasteiger partial charge on any atom is -0.378 e. The van der Waals surface area contributed by atoms with Crippen molar-refractivity contribution in [2.24, 2.45) is 5.10 Å². The number of carbonyl (C=O) groups excluding carboxylic acids is 2. The number of aryl methyl sites for hydroxylation is 1. The highest BCUT2D eigenvalue weighted by molar-refractivity contribution is 7.15. The molecule has 0 fully saturated rings. The van der Waals surface area contributed by atoms with Crippen LogP contribution in [-0.2, 0) is 11.2 Å². The molecule has 2 N–H and O–H groups in total. The SMILES string of the molecule is Cc1cccc(C(=O)Nc2nnc(CC(=O)N/N=C\c3ccc(N(C)C)cc3)s2)c1. The highest BCUT2D eigenvalue weighted by Crippen LogP contribution is 2.17. The quantitative estimate of drug-likeness (QED) is 0.451. The van der Waals surface area contributed by atoms with Gasteiger partial charge in [0.2, 0.25) is 11.0 Å². The molecule has 8 nitrogen and oxygen atoms in total. The fourth-order valence-electron chi connectivity index (χ4n) is 2.55. The molecule has 1 aromatic heterocycles. The lowest BCUT2D eigenvalue weighted by molar-refractivity contribution is -0.120. The molecule has 2 amide bonds. The first kappa shape index (κ1) is 21.1. The van der Waals surface area contributed by atoms with Crippen LogP contribution >= 0.6 is 11.3 Å². The van der Waals surface area contributed by atoms with Crippen molar-refractivity contribution in [3.63, 3.8) is 0 Å². The predicted molar refractivity (Wildman–Crippen MR) is 119 cm³/mol. The summed E-state index contributed by atoms with van der Waals surface area (Å²) < 4.78 is 0. The van der Waals surface area contributed by atoms with Gasteiger partial charge in [0.15, 0.2) is 0 Å². The lowest BCUT2D eigenvalue weighted by Gasteiger charge is -2.11. The average Bonchev–Trinajstić information content (AvgIpc) is 3.15. The van der Waals surface area contributed by atoms with Crippen LogP contribution in [0.2, 0.25) is 0 Å². The van der Waals surface area contributed by atoms with Crippen molar-refractivity contribution in [2.45, 2.75) is 13.3 Å². The molecule has 3 aromatic rings. The lowest BCUT2D eigenvalue weighted by Crippen LogP contribution is -2.19. The highest BCUT2D eigenvalue weighted by Gasteiger charge is 2.12. The molecule has 0 aliphatic rings. The Morgan fingerprint density at radius 3 is 2.60 bits per heavy atom. The van der Waals surface area contributed by atoms with Gasteiger partial charge in [-0.05, 0) is 36.8 Å². The van der Waals surface area contributed by atoms with E-state index in [0.717, 1.165) is 28.2 Å². The number of anilines is 2. The molecule has 0 aliphatic carbocycles. The summed E-state index contributed by atoms with van der Waals surface area (Å²) in [7, 11) is 3.94. The number of hydrazone groups is 1. The van der Waals surface area contributed by atoms with Crippen molar-refractivity contribution in [3.8, 4) is 0 Å². The summed E-state index contributed by atoms with van der Waals surface area (Å²) in [5.41, 5.74) is 5.96. The summed E-state index contributed by atoms with van der Waals surface area (Å²) in [4.78, 5) is 26.3. The van der Waals surface area contributed by atoms with Crippen LogP contribution in [0.15, 0.2) is 53.6 Å². The van der Waals surface area contributed by atoms with E-state index in [0.29, 0.717) is 15.7 Å². The normalized spacial score (nSPS) is 10.8. The molecule has 0 atom stereocenters. The number of hydrogen-bond donors (Lipinski definition) is 2. The van der Waals surface area contributed by atoms with Gasteiger partial charge in [0.05, 0.1) is 12.6 Å². The molecule has 0 radical (unpaired) electrons. The van der Waals surface area contributed by atoms with E-state index in [4.69, 9.17) is 0 Å². The molecule has 0 aliphatic heterocycles. The van der Waals surface area contributed by atoms with E-state index in [-0.39, 0.29) is 18.2 Å². The molecular formula is C21H22N6O2S. The molecule has 0 saturated carbocycles. The molecule has 0 saturated heterocycles. The minimum absolute atomic E-state index is 0.0227. The molecule has 0 bridgehead atoms. The Labute approximate surface area is 178 Å². The Morgan fingerprint density at radius 1 is 1.13 bits per heavy atom. The number of carbonyl (C=O) groups is 2. The second-order valence-corrected chi connectivity index (χ2v) is 7.84. The van der Waals surface area contributed by atoms with Crippen LogP contribution in [0.5, 0.6) is 0 Å². The first-order chi connectivity index (χ1) is 14.4. The lowest BCUT2D eigenvalue weighted by atomic mass is 10.1. The molecule has 3 rings (SSSR count). The van der Waals surface area contributed by atoms with Crippen molar-refractivity contribution in [3.05, 3.63) is 70.2 Å². The average molecular weight is 423 g/mol.